The van der Waals surface area contributed by atoms with Crippen LogP contribution in [0.2, 0.25) is 0 Å². The van der Waals surface area contributed by atoms with Crippen LogP contribution in [0.1, 0.15) is 31.4 Å². The van der Waals surface area contributed by atoms with Crippen LogP contribution in [0.25, 0.3) is 11.1 Å². The molecule has 7 heteroatoms. The van der Waals surface area contributed by atoms with Gasteiger partial charge < -0.3 is 14.2 Å². The SMILES string of the molecule is C=C(C)C(=O)OCCCc1ccc(OCc2ccc(-c3ccc(OC(=O)C(=C)C)cc3)cc2F)cc1F. The predicted molar refractivity (Wildman–Crippen MR) is 137 cm³/mol. The van der Waals surface area contributed by atoms with Gasteiger partial charge in [-0.05, 0) is 67.6 Å². The minimum Gasteiger partial charge on any atom is -0.489 e. The normalized spacial score (nSPS) is 10.5. The van der Waals surface area contributed by atoms with Gasteiger partial charge in [0, 0.05) is 22.8 Å². The van der Waals surface area contributed by atoms with Gasteiger partial charge in [-0.15, -0.1) is 0 Å². The zero-order chi connectivity index (χ0) is 26.9. The van der Waals surface area contributed by atoms with E-state index in [1.165, 1.54) is 12.1 Å². The van der Waals surface area contributed by atoms with Crippen molar-refractivity contribution < 1.29 is 32.6 Å². The molecule has 0 aliphatic rings. The van der Waals surface area contributed by atoms with Crippen molar-refractivity contribution in [1.29, 1.82) is 0 Å². The number of hydrogen-bond donors (Lipinski definition) is 0. The van der Waals surface area contributed by atoms with E-state index in [-0.39, 0.29) is 19.0 Å². The van der Waals surface area contributed by atoms with Crippen molar-refractivity contribution in [2.24, 2.45) is 0 Å². The van der Waals surface area contributed by atoms with Crippen LogP contribution in [0.15, 0.2) is 85.0 Å². The molecule has 3 aromatic carbocycles. The van der Waals surface area contributed by atoms with Crippen LogP contribution in [0.4, 0.5) is 8.78 Å². The van der Waals surface area contributed by atoms with E-state index in [4.69, 9.17) is 14.2 Å². The maximum absolute atomic E-state index is 14.7. The number of hydrogen-bond acceptors (Lipinski definition) is 5. The summed E-state index contributed by atoms with van der Waals surface area (Å²) in [5, 5.41) is 0. The molecule has 0 aliphatic heterocycles. The van der Waals surface area contributed by atoms with E-state index >= 15 is 0 Å². The highest BCUT2D eigenvalue weighted by molar-refractivity contribution is 5.88. The molecule has 0 saturated heterocycles. The van der Waals surface area contributed by atoms with Gasteiger partial charge in [-0.2, -0.15) is 0 Å². The van der Waals surface area contributed by atoms with Gasteiger partial charge >= 0.3 is 11.9 Å². The quantitative estimate of drug-likeness (QED) is 0.125. The van der Waals surface area contributed by atoms with Crippen molar-refractivity contribution in [3.63, 3.8) is 0 Å². The van der Waals surface area contributed by atoms with E-state index in [0.717, 1.165) is 5.56 Å². The summed E-state index contributed by atoms with van der Waals surface area (Å²) in [5.41, 5.74) is 2.78. The van der Waals surface area contributed by atoms with Crippen molar-refractivity contribution in [2.45, 2.75) is 33.3 Å². The molecule has 0 spiro atoms. The molecule has 0 atom stereocenters. The smallest absolute Gasteiger partial charge is 0.338 e. The zero-order valence-electron chi connectivity index (χ0n) is 20.8. The first kappa shape index (κ1) is 27.3. The second-order valence-corrected chi connectivity index (χ2v) is 8.56. The van der Waals surface area contributed by atoms with Crippen LogP contribution in [0.5, 0.6) is 11.5 Å². The Kier molecular flexibility index (Phi) is 9.33. The van der Waals surface area contributed by atoms with Crippen LogP contribution in [-0.2, 0) is 27.4 Å². The molecule has 0 aliphatic carbocycles. The summed E-state index contributed by atoms with van der Waals surface area (Å²) < 4.78 is 44.9. The maximum atomic E-state index is 14.7. The number of esters is 2. The Morgan fingerprint density at radius 1 is 0.757 bits per heavy atom. The van der Waals surface area contributed by atoms with Crippen LogP contribution in [-0.4, -0.2) is 18.5 Å². The molecule has 0 N–H and O–H groups in total. The van der Waals surface area contributed by atoms with Crippen LogP contribution in [0.3, 0.4) is 0 Å². The monoisotopic (exact) mass is 506 g/mol. The number of aryl methyl sites for hydroxylation is 1. The lowest BCUT2D eigenvalue weighted by atomic mass is 10.0. The van der Waals surface area contributed by atoms with Crippen LogP contribution < -0.4 is 9.47 Å². The summed E-state index contributed by atoms with van der Waals surface area (Å²) in [5.74, 6) is -1.25. The van der Waals surface area contributed by atoms with Crippen molar-refractivity contribution >= 4 is 11.9 Å². The molecule has 192 valence electrons. The van der Waals surface area contributed by atoms with Crippen LogP contribution >= 0.6 is 0 Å². The number of carbonyl (C=O) groups excluding carboxylic acids is 2. The van der Waals surface area contributed by atoms with Crippen molar-refractivity contribution in [3.8, 4) is 22.6 Å². The standard InChI is InChI=1S/C30H28F2O5/c1-19(2)29(33)35-15-5-6-22-11-14-26(17-28(22)32)36-18-24-8-7-23(16-27(24)31)21-9-12-25(13-10-21)37-30(34)20(3)4/h7-14,16-17H,1,3,5-6,15,18H2,2,4H3. The molecule has 5 nitrogen and oxygen atoms in total. The molecule has 0 heterocycles. The third-order valence-electron chi connectivity index (χ3n) is 5.39. The van der Waals surface area contributed by atoms with Gasteiger partial charge in [0.05, 0.1) is 6.61 Å². The molecule has 0 saturated carbocycles. The summed E-state index contributed by atoms with van der Waals surface area (Å²) >= 11 is 0. The molecule has 3 aromatic rings. The fourth-order valence-corrected chi connectivity index (χ4v) is 3.29. The first-order chi connectivity index (χ1) is 17.6. The van der Waals surface area contributed by atoms with E-state index in [1.807, 2.05) is 0 Å². The van der Waals surface area contributed by atoms with E-state index in [9.17, 15) is 18.4 Å². The molecule has 0 amide bonds. The first-order valence-electron chi connectivity index (χ1n) is 11.6. The van der Waals surface area contributed by atoms with Crippen molar-refractivity contribution in [3.05, 3.63) is 108 Å². The highest BCUT2D eigenvalue weighted by Crippen LogP contribution is 2.26. The summed E-state index contributed by atoms with van der Waals surface area (Å²) in [6, 6.07) is 15.9. The van der Waals surface area contributed by atoms with E-state index in [1.54, 1.807) is 62.4 Å². The average Bonchev–Trinajstić information content (AvgIpc) is 2.87. The van der Waals surface area contributed by atoms with Gasteiger partial charge in [0.1, 0.15) is 29.7 Å². The number of carbonyl (C=O) groups is 2. The summed E-state index contributed by atoms with van der Waals surface area (Å²) in [6.45, 7) is 10.3. The van der Waals surface area contributed by atoms with Gasteiger partial charge in [0.25, 0.3) is 0 Å². The molecule has 0 bridgehead atoms. The number of benzene rings is 3. The third-order valence-corrected chi connectivity index (χ3v) is 5.39. The predicted octanol–water partition coefficient (Wildman–Crippen LogP) is 6.74. The van der Waals surface area contributed by atoms with Crippen molar-refractivity contribution in [1.82, 2.24) is 0 Å². The molecule has 0 unspecified atom stereocenters. The second-order valence-electron chi connectivity index (χ2n) is 8.56. The Hall–Kier alpha value is -4.26. The van der Waals surface area contributed by atoms with Crippen molar-refractivity contribution in [2.75, 3.05) is 6.61 Å². The molecule has 0 aromatic heterocycles. The molecule has 3 rings (SSSR count). The molecular formula is C30H28F2O5. The second kappa shape index (κ2) is 12.6. The topological polar surface area (TPSA) is 61.8 Å². The summed E-state index contributed by atoms with van der Waals surface area (Å²) in [6.07, 6.45) is 0.860. The molecule has 37 heavy (non-hydrogen) atoms. The van der Waals surface area contributed by atoms with E-state index < -0.39 is 23.6 Å². The number of rotatable bonds is 11. The van der Waals surface area contributed by atoms with Gasteiger partial charge in [-0.3, -0.25) is 0 Å². The Morgan fingerprint density at radius 2 is 1.35 bits per heavy atom. The van der Waals surface area contributed by atoms with E-state index in [0.29, 0.717) is 46.4 Å². The van der Waals surface area contributed by atoms with Gasteiger partial charge in [-0.25, -0.2) is 18.4 Å². The largest absolute Gasteiger partial charge is 0.489 e. The lowest BCUT2D eigenvalue weighted by Gasteiger charge is -2.11. The van der Waals surface area contributed by atoms with Gasteiger partial charge in [0.15, 0.2) is 0 Å². The lowest BCUT2D eigenvalue weighted by Crippen LogP contribution is -2.07. The highest BCUT2D eigenvalue weighted by atomic mass is 19.1. The van der Waals surface area contributed by atoms with Gasteiger partial charge in [0.2, 0.25) is 0 Å². The molecular weight excluding hydrogens is 478 g/mol. The Balaban J connectivity index is 1.55. The Morgan fingerprint density at radius 3 is 1.97 bits per heavy atom. The van der Waals surface area contributed by atoms with Crippen LogP contribution in [0, 0.1) is 11.6 Å². The number of ether oxygens (including phenoxy) is 3. The Bertz CT molecular complexity index is 1310. The summed E-state index contributed by atoms with van der Waals surface area (Å²) in [4.78, 5) is 23.0. The van der Waals surface area contributed by atoms with E-state index in [2.05, 4.69) is 13.2 Å². The maximum Gasteiger partial charge on any atom is 0.338 e. The molecule has 0 fully saturated rings. The average molecular weight is 507 g/mol. The fraction of sp³-hybridized carbons (Fsp3) is 0.200. The number of halogens is 2. The highest BCUT2D eigenvalue weighted by Gasteiger charge is 2.10. The lowest BCUT2D eigenvalue weighted by molar-refractivity contribution is -0.139. The Labute approximate surface area is 215 Å². The zero-order valence-corrected chi connectivity index (χ0v) is 20.8. The summed E-state index contributed by atoms with van der Waals surface area (Å²) in [7, 11) is 0. The molecule has 0 radical (unpaired) electrons. The first-order valence-corrected chi connectivity index (χ1v) is 11.6. The third kappa shape index (κ3) is 7.87. The minimum atomic E-state index is -0.515. The minimum absolute atomic E-state index is 0.0719. The fourth-order valence-electron chi connectivity index (χ4n) is 3.29. The van der Waals surface area contributed by atoms with Gasteiger partial charge in [-0.1, -0.05) is 43.5 Å².